The minimum atomic E-state index is -2.98. The molecule has 1 aliphatic heterocycles. The van der Waals surface area contributed by atoms with Gasteiger partial charge in [-0.2, -0.15) is 0 Å². The topological polar surface area (TPSA) is 97.4 Å². The van der Waals surface area contributed by atoms with Gasteiger partial charge >= 0.3 is 0 Å². The van der Waals surface area contributed by atoms with Gasteiger partial charge in [0, 0.05) is 24.1 Å². The second kappa shape index (κ2) is 7.51. The lowest BCUT2D eigenvalue weighted by molar-refractivity contribution is 0.102. The number of benzene rings is 1. The van der Waals surface area contributed by atoms with Crippen LogP contribution in [0, 0.1) is 0 Å². The van der Waals surface area contributed by atoms with Crippen LogP contribution in [-0.2, 0) is 9.84 Å². The largest absolute Gasteiger partial charge is 0.495 e. The first-order valence-electron chi connectivity index (χ1n) is 7.93. The molecular formula is C17H18ClN3O4S. The molecule has 7 nitrogen and oxygen atoms in total. The molecule has 2 N–H and O–H groups in total. The van der Waals surface area contributed by atoms with Gasteiger partial charge in [0.05, 0.1) is 34.9 Å². The zero-order chi connectivity index (χ0) is 18.7. The molecule has 1 saturated heterocycles. The summed E-state index contributed by atoms with van der Waals surface area (Å²) in [5.74, 6) is 0.440. The summed E-state index contributed by atoms with van der Waals surface area (Å²) in [6.45, 7) is 0. The van der Waals surface area contributed by atoms with Gasteiger partial charge in [-0.1, -0.05) is 11.6 Å². The number of carbonyl (C=O) groups excluding carboxylic acids is 1. The van der Waals surface area contributed by atoms with Crippen LogP contribution in [0.1, 0.15) is 16.8 Å². The Kier molecular flexibility index (Phi) is 5.33. The van der Waals surface area contributed by atoms with Crippen LogP contribution in [0.3, 0.4) is 0 Å². The zero-order valence-electron chi connectivity index (χ0n) is 14.0. The molecule has 0 bridgehead atoms. The smallest absolute Gasteiger partial charge is 0.257 e. The van der Waals surface area contributed by atoms with E-state index >= 15 is 0 Å². The number of ether oxygens (including phenoxy) is 1. The number of sulfone groups is 1. The fraction of sp³-hybridized carbons (Fsp3) is 0.294. The standard InChI is InChI=1S/C17H18ClN3O4S/c1-25-16-3-2-12(7-15(16)18)21-17(22)11-6-14(9-19-8-11)20-13-4-5-26(23,24)10-13/h2-3,6-9,13,20H,4-5,10H2,1H3,(H,21,22). The van der Waals surface area contributed by atoms with Crippen molar-refractivity contribution < 1.29 is 17.9 Å². The van der Waals surface area contributed by atoms with Gasteiger partial charge in [-0.3, -0.25) is 9.78 Å². The molecule has 1 fully saturated rings. The van der Waals surface area contributed by atoms with E-state index < -0.39 is 9.84 Å². The number of aromatic nitrogens is 1. The Bertz CT molecular complexity index is 933. The van der Waals surface area contributed by atoms with E-state index in [1.54, 1.807) is 30.5 Å². The Balaban J connectivity index is 1.69. The van der Waals surface area contributed by atoms with Gasteiger partial charge in [0.1, 0.15) is 5.75 Å². The molecule has 0 radical (unpaired) electrons. The monoisotopic (exact) mass is 395 g/mol. The molecule has 0 aliphatic carbocycles. The number of rotatable bonds is 5. The van der Waals surface area contributed by atoms with Crippen molar-refractivity contribution >= 4 is 38.7 Å². The van der Waals surface area contributed by atoms with Crippen molar-refractivity contribution in [1.29, 1.82) is 0 Å². The van der Waals surface area contributed by atoms with Crippen molar-refractivity contribution in [2.45, 2.75) is 12.5 Å². The number of anilines is 2. The van der Waals surface area contributed by atoms with E-state index in [9.17, 15) is 13.2 Å². The second-order valence-corrected chi connectivity index (χ2v) is 8.65. The molecule has 138 valence electrons. The van der Waals surface area contributed by atoms with Crippen LogP contribution in [0.5, 0.6) is 5.75 Å². The molecule has 2 heterocycles. The molecular weight excluding hydrogens is 378 g/mol. The summed E-state index contributed by atoms with van der Waals surface area (Å²) in [6.07, 6.45) is 3.55. The SMILES string of the molecule is COc1ccc(NC(=O)c2cncc(NC3CCS(=O)(=O)C3)c2)cc1Cl. The van der Waals surface area contributed by atoms with Crippen molar-refractivity contribution in [3.63, 3.8) is 0 Å². The van der Waals surface area contributed by atoms with Gasteiger partial charge in [0.15, 0.2) is 9.84 Å². The molecule has 9 heteroatoms. The Morgan fingerprint density at radius 2 is 2.08 bits per heavy atom. The molecule has 0 spiro atoms. The van der Waals surface area contributed by atoms with Crippen molar-refractivity contribution in [3.05, 3.63) is 47.2 Å². The number of methoxy groups -OCH3 is 1. The molecule has 1 aromatic heterocycles. The summed E-state index contributed by atoms with van der Waals surface area (Å²) in [6, 6.07) is 6.41. The van der Waals surface area contributed by atoms with Gasteiger partial charge in [0.25, 0.3) is 5.91 Å². The fourth-order valence-corrected chi connectivity index (χ4v) is 4.67. The highest BCUT2D eigenvalue weighted by Crippen LogP contribution is 2.27. The Morgan fingerprint density at radius 3 is 2.73 bits per heavy atom. The molecule has 3 rings (SSSR count). The third-order valence-corrected chi connectivity index (χ3v) is 6.08. The number of nitrogens with one attached hydrogen (secondary N) is 2. The van der Waals surface area contributed by atoms with Crippen molar-refractivity contribution in [2.24, 2.45) is 0 Å². The number of hydrogen-bond acceptors (Lipinski definition) is 6. The van der Waals surface area contributed by atoms with Crippen LogP contribution in [0.4, 0.5) is 11.4 Å². The minimum absolute atomic E-state index is 0.0910. The lowest BCUT2D eigenvalue weighted by Crippen LogP contribution is -2.21. The highest BCUT2D eigenvalue weighted by atomic mass is 35.5. The Morgan fingerprint density at radius 1 is 1.27 bits per heavy atom. The number of amides is 1. The molecule has 0 saturated carbocycles. The molecule has 2 aromatic rings. The number of nitrogens with zero attached hydrogens (tertiary/aromatic N) is 1. The van der Waals surface area contributed by atoms with Gasteiger partial charge < -0.3 is 15.4 Å². The quantitative estimate of drug-likeness (QED) is 0.807. The van der Waals surface area contributed by atoms with E-state index in [-0.39, 0.29) is 23.5 Å². The molecule has 1 amide bonds. The van der Waals surface area contributed by atoms with Gasteiger partial charge in [0.2, 0.25) is 0 Å². The van der Waals surface area contributed by atoms with Crippen LogP contribution in [0.25, 0.3) is 0 Å². The Labute approximate surface area is 156 Å². The van der Waals surface area contributed by atoms with E-state index in [4.69, 9.17) is 16.3 Å². The summed E-state index contributed by atoms with van der Waals surface area (Å²) in [5.41, 5.74) is 1.48. The predicted octanol–water partition coefficient (Wildman–Crippen LogP) is 2.59. The third-order valence-electron chi connectivity index (χ3n) is 4.01. The highest BCUT2D eigenvalue weighted by Gasteiger charge is 2.27. The fourth-order valence-electron chi connectivity index (χ4n) is 2.73. The number of hydrogen-bond donors (Lipinski definition) is 2. The third kappa shape index (κ3) is 4.44. The highest BCUT2D eigenvalue weighted by molar-refractivity contribution is 7.91. The second-order valence-electron chi connectivity index (χ2n) is 6.01. The molecule has 1 unspecified atom stereocenters. The normalized spacial score (nSPS) is 18.3. The summed E-state index contributed by atoms with van der Waals surface area (Å²) in [5, 5.41) is 6.25. The zero-order valence-corrected chi connectivity index (χ0v) is 15.6. The van der Waals surface area contributed by atoms with E-state index in [0.29, 0.717) is 34.1 Å². The summed E-state index contributed by atoms with van der Waals surface area (Å²) in [7, 11) is -1.46. The molecule has 1 atom stereocenters. The maximum Gasteiger partial charge on any atom is 0.257 e. The number of pyridine rings is 1. The first kappa shape index (κ1) is 18.5. The predicted molar refractivity (Wildman–Crippen MR) is 101 cm³/mol. The van der Waals surface area contributed by atoms with Crippen LogP contribution < -0.4 is 15.4 Å². The molecule has 1 aromatic carbocycles. The molecule has 1 aliphatic rings. The van der Waals surface area contributed by atoms with Gasteiger partial charge in [-0.05, 0) is 30.7 Å². The van der Waals surface area contributed by atoms with Crippen LogP contribution in [0.15, 0.2) is 36.7 Å². The first-order valence-corrected chi connectivity index (χ1v) is 10.1. The maximum atomic E-state index is 12.4. The van der Waals surface area contributed by atoms with E-state index in [1.165, 1.54) is 13.3 Å². The van der Waals surface area contributed by atoms with Crippen LogP contribution in [0.2, 0.25) is 5.02 Å². The van der Waals surface area contributed by atoms with Gasteiger partial charge in [-0.15, -0.1) is 0 Å². The average molecular weight is 396 g/mol. The minimum Gasteiger partial charge on any atom is -0.495 e. The van der Waals surface area contributed by atoms with E-state index in [2.05, 4.69) is 15.6 Å². The Hall–Kier alpha value is -2.32. The number of halogens is 1. The van der Waals surface area contributed by atoms with Gasteiger partial charge in [-0.25, -0.2) is 8.42 Å². The lowest BCUT2D eigenvalue weighted by atomic mass is 10.2. The van der Waals surface area contributed by atoms with Crippen molar-refractivity contribution in [2.75, 3.05) is 29.2 Å². The molecule has 26 heavy (non-hydrogen) atoms. The van der Waals surface area contributed by atoms with Crippen molar-refractivity contribution in [1.82, 2.24) is 4.98 Å². The maximum absolute atomic E-state index is 12.4. The first-order chi connectivity index (χ1) is 12.4. The van der Waals surface area contributed by atoms with Crippen LogP contribution in [-0.4, -0.2) is 44.0 Å². The van der Waals surface area contributed by atoms with E-state index in [1.807, 2.05) is 0 Å². The summed E-state index contributed by atoms with van der Waals surface area (Å²) < 4.78 is 28.2. The number of carbonyl (C=O) groups is 1. The summed E-state index contributed by atoms with van der Waals surface area (Å²) in [4.78, 5) is 16.5. The lowest BCUT2D eigenvalue weighted by Gasteiger charge is -2.13. The van der Waals surface area contributed by atoms with Crippen LogP contribution >= 0.6 is 11.6 Å². The van der Waals surface area contributed by atoms with Crippen molar-refractivity contribution in [3.8, 4) is 5.75 Å². The average Bonchev–Trinajstić information content (AvgIpc) is 2.94. The summed E-state index contributed by atoms with van der Waals surface area (Å²) >= 11 is 6.05. The van der Waals surface area contributed by atoms with E-state index in [0.717, 1.165) is 0 Å².